The fraction of sp³-hybridized carbons (Fsp3) is 0.333. The maximum Gasteiger partial charge on any atom is 0.289 e. The summed E-state index contributed by atoms with van der Waals surface area (Å²) in [6.45, 7) is 2.07. The molecular formula is C21H22N2O3S. The molecule has 3 aromatic rings. The molecule has 1 saturated heterocycles. The lowest BCUT2D eigenvalue weighted by Gasteiger charge is -2.31. The first-order valence-electron chi connectivity index (χ1n) is 9.26. The molecule has 1 fully saturated rings. The number of fused-ring (bicyclic) bond motifs is 1. The summed E-state index contributed by atoms with van der Waals surface area (Å²) in [5.74, 6) is 0.834. The van der Waals surface area contributed by atoms with Crippen LogP contribution in [-0.4, -0.2) is 36.3 Å². The van der Waals surface area contributed by atoms with Gasteiger partial charge < -0.3 is 14.6 Å². The third kappa shape index (κ3) is 4.22. The zero-order valence-corrected chi connectivity index (χ0v) is 15.8. The van der Waals surface area contributed by atoms with Crippen molar-refractivity contribution >= 4 is 34.1 Å². The molecule has 2 aromatic heterocycles. The lowest BCUT2D eigenvalue weighted by Crippen LogP contribution is -2.41. The Morgan fingerprint density at radius 3 is 2.70 bits per heavy atom. The summed E-state index contributed by atoms with van der Waals surface area (Å²) < 4.78 is 5.69. The maximum atomic E-state index is 12.7. The van der Waals surface area contributed by atoms with Gasteiger partial charge in [0.05, 0.1) is 6.42 Å². The summed E-state index contributed by atoms with van der Waals surface area (Å²) in [4.78, 5) is 27.6. The summed E-state index contributed by atoms with van der Waals surface area (Å²) in [7, 11) is 0. The monoisotopic (exact) mass is 382 g/mol. The molecule has 1 aromatic carbocycles. The Bertz CT molecular complexity index is 891. The normalized spacial score (nSPS) is 15.2. The van der Waals surface area contributed by atoms with Gasteiger partial charge in [-0.15, -0.1) is 11.3 Å². The average molecular weight is 382 g/mol. The molecule has 140 valence electrons. The van der Waals surface area contributed by atoms with Crippen molar-refractivity contribution in [1.29, 1.82) is 0 Å². The van der Waals surface area contributed by atoms with E-state index in [0.717, 1.165) is 28.7 Å². The minimum atomic E-state index is -0.0496. The van der Waals surface area contributed by atoms with Gasteiger partial charge in [0.15, 0.2) is 5.76 Å². The van der Waals surface area contributed by atoms with Crippen LogP contribution < -0.4 is 5.32 Å². The Morgan fingerprint density at radius 1 is 1.15 bits per heavy atom. The number of piperidine rings is 1. The fourth-order valence-corrected chi connectivity index (χ4v) is 4.18. The van der Waals surface area contributed by atoms with Crippen LogP contribution in [0.1, 0.15) is 28.3 Å². The number of nitrogens with zero attached hydrogens (tertiary/aromatic N) is 1. The predicted octanol–water partition coefficient (Wildman–Crippen LogP) is 3.71. The highest BCUT2D eigenvalue weighted by Crippen LogP contribution is 2.23. The first-order valence-corrected chi connectivity index (χ1v) is 10.1. The number of para-hydroxylation sites is 1. The standard InChI is InChI=1S/C21H22N2O3S/c24-20(13-17-5-3-11-27-17)22-14-15-7-9-23(10-8-15)21(25)19-12-16-4-1-2-6-18(16)26-19/h1-6,11-12,15H,7-10,13-14H2,(H,22,24). The van der Waals surface area contributed by atoms with Crippen molar-refractivity contribution in [3.63, 3.8) is 0 Å². The molecule has 6 heteroatoms. The van der Waals surface area contributed by atoms with Crippen LogP contribution in [0, 0.1) is 5.92 Å². The quantitative estimate of drug-likeness (QED) is 0.732. The highest BCUT2D eigenvalue weighted by molar-refractivity contribution is 7.10. The van der Waals surface area contributed by atoms with Crippen LogP contribution in [0.5, 0.6) is 0 Å². The maximum absolute atomic E-state index is 12.7. The molecule has 0 aliphatic carbocycles. The Kier molecular flexibility index (Phi) is 5.25. The largest absolute Gasteiger partial charge is 0.451 e. The van der Waals surface area contributed by atoms with E-state index < -0.39 is 0 Å². The van der Waals surface area contributed by atoms with Crippen LogP contribution in [0.4, 0.5) is 0 Å². The van der Waals surface area contributed by atoms with E-state index in [4.69, 9.17) is 4.42 Å². The third-order valence-electron chi connectivity index (χ3n) is 5.04. The molecular weight excluding hydrogens is 360 g/mol. The minimum absolute atomic E-state index is 0.0496. The van der Waals surface area contributed by atoms with Crippen LogP contribution in [-0.2, 0) is 11.2 Å². The number of rotatable bonds is 5. The molecule has 2 amide bonds. The van der Waals surface area contributed by atoms with Crippen LogP contribution >= 0.6 is 11.3 Å². The van der Waals surface area contributed by atoms with E-state index in [1.165, 1.54) is 0 Å². The summed E-state index contributed by atoms with van der Waals surface area (Å²) >= 11 is 1.60. The first-order chi connectivity index (χ1) is 13.2. The van der Waals surface area contributed by atoms with E-state index >= 15 is 0 Å². The van der Waals surface area contributed by atoms with E-state index in [1.807, 2.05) is 52.7 Å². The molecule has 1 aliphatic rings. The summed E-state index contributed by atoms with van der Waals surface area (Å²) in [5, 5.41) is 5.96. The highest BCUT2D eigenvalue weighted by atomic mass is 32.1. The van der Waals surface area contributed by atoms with E-state index in [2.05, 4.69) is 5.32 Å². The second kappa shape index (κ2) is 7.96. The minimum Gasteiger partial charge on any atom is -0.451 e. The van der Waals surface area contributed by atoms with E-state index in [0.29, 0.717) is 37.7 Å². The molecule has 0 atom stereocenters. The van der Waals surface area contributed by atoms with E-state index in [-0.39, 0.29) is 11.8 Å². The lowest BCUT2D eigenvalue weighted by molar-refractivity contribution is -0.120. The van der Waals surface area contributed by atoms with Gasteiger partial charge in [0.2, 0.25) is 5.91 Å². The Balaban J connectivity index is 1.26. The molecule has 0 saturated carbocycles. The Labute approximate surface area is 162 Å². The molecule has 0 unspecified atom stereocenters. The smallest absolute Gasteiger partial charge is 0.289 e. The second-order valence-corrected chi connectivity index (χ2v) is 7.98. The number of nitrogens with one attached hydrogen (secondary N) is 1. The number of thiophene rings is 1. The van der Waals surface area contributed by atoms with Gasteiger partial charge in [-0.25, -0.2) is 0 Å². The van der Waals surface area contributed by atoms with Crippen LogP contribution in [0.25, 0.3) is 11.0 Å². The van der Waals surface area contributed by atoms with Crippen LogP contribution in [0.3, 0.4) is 0 Å². The summed E-state index contributed by atoms with van der Waals surface area (Å²) in [6.07, 6.45) is 2.23. The number of benzene rings is 1. The van der Waals surface area contributed by atoms with Gasteiger partial charge in [0, 0.05) is 29.9 Å². The number of furan rings is 1. The van der Waals surface area contributed by atoms with Crippen molar-refractivity contribution in [2.24, 2.45) is 5.92 Å². The molecule has 0 spiro atoms. The third-order valence-corrected chi connectivity index (χ3v) is 5.92. The zero-order chi connectivity index (χ0) is 18.6. The van der Waals surface area contributed by atoms with Gasteiger partial charge in [-0.05, 0) is 42.3 Å². The number of carbonyl (C=O) groups is 2. The molecule has 0 bridgehead atoms. The van der Waals surface area contributed by atoms with Crippen molar-refractivity contribution in [2.75, 3.05) is 19.6 Å². The van der Waals surface area contributed by atoms with Crippen LogP contribution in [0.2, 0.25) is 0 Å². The molecule has 5 nitrogen and oxygen atoms in total. The second-order valence-electron chi connectivity index (χ2n) is 6.94. The van der Waals surface area contributed by atoms with Crippen LogP contribution in [0.15, 0.2) is 52.3 Å². The zero-order valence-electron chi connectivity index (χ0n) is 15.0. The van der Waals surface area contributed by atoms with Gasteiger partial charge in [-0.2, -0.15) is 0 Å². The molecule has 27 heavy (non-hydrogen) atoms. The summed E-state index contributed by atoms with van der Waals surface area (Å²) in [6, 6.07) is 13.4. The highest BCUT2D eigenvalue weighted by Gasteiger charge is 2.26. The van der Waals surface area contributed by atoms with Crippen molar-refractivity contribution < 1.29 is 14.0 Å². The summed E-state index contributed by atoms with van der Waals surface area (Å²) in [5.41, 5.74) is 0.740. The lowest BCUT2D eigenvalue weighted by atomic mass is 9.96. The van der Waals surface area contributed by atoms with Crippen molar-refractivity contribution in [1.82, 2.24) is 10.2 Å². The van der Waals surface area contributed by atoms with Gasteiger partial charge in [0.25, 0.3) is 5.91 Å². The van der Waals surface area contributed by atoms with Crippen molar-refractivity contribution in [3.8, 4) is 0 Å². The van der Waals surface area contributed by atoms with Gasteiger partial charge in [-0.1, -0.05) is 24.3 Å². The molecule has 1 N–H and O–H groups in total. The molecule has 3 heterocycles. The van der Waals surface area contributed by atoms with Gasteiger partial charge >= 0.3 is 0 Å². The topological polar surface area (TPSA) is 62.6 Å². The number of carbonyl (C=O) groups excluding carboxylic acids is 2. The van der Waals surface area contributed by atoms with Gasteiger partial charge in [-0.3, -0.25) is 9.59 Å². The van der Waals surface area contributed by atoms with Crippen molar-refractivity contribution in [3.05, 3.63) is 58.5 Å². The number of likely N-dealkylation sites (tertiary alicyclic amines) is 1. The molecule has 0 radical (unpaired) electrons. The average Bonchev–Trinajstić information content (AvgIpc) is 3.35. The van der Waals surface area contributed by atoms with Gasteiger partial charge in [0.1, 0.15) is 5.58 Å². The van der Waals surface area contributed by atoms with Crippen molar-refractivity contribution in [2.45, 2.75) is 19.3 Å². The molecule has 1 aliphatic heterocycles. The van der Waals surface area contributed by atoms with E-state index in [9.17, 15) is 9.59 Å². The Hall–Kier alpha value is -2.60. The number of hydrogen-bond donors (Lipinski definition) is 1. The first kappa shape index (κ1) is 17.8. The van der Waals surface area contributed by atoms with E-state index in [1.54, 1.807) is 11.3 Å². The predicted molar refractivity (Wildman–Crippen MR) is 106 cm³/mol. The number of hydrogen-bond acceptors (Lipinski definition) is 4. The fourth-order valence-electron chi connectivity index (χ4n) is 3.48. The molecule has 4 rings (SSSR count). The SMILES string of the molecule is O=C(Cc1cccs1)NCC1CCN(C(=O)c2cc3ccccc3o2)CC1. The number of amides is 2. The Morgan fingerprint density at radius 2 is 1.96 bits per heavy atom.